The van der Waals surface area contributed by atoms with Crippen molar-refractivity contribution >= 4 is 6.71 Å². The molecular weight excluding hydrogens is 565 g/mol. The van der Waals surface area contributed by atoms with Gasteiger partial charge in [0.15, 0.2) is 0 Å². The van der Waals surface area contributed by atoms with E-state index in [0.717, 1.165) is 19.3 Å². The van der Waals surface area contributed by atoms with Gasteiger partial charge in [-0.1, -0.05) is 169 Å². The SMILES string of the molecule is CC(c1ccccc1)(c1ccccc1)C1CC2=C3B(C4=CCCC=C4C2c2ccccc2)C2C=CC=C4C5C=CC=CC5N(C3C1)C42. The molecule has 3 aliphatic heterocycles. The van der Waals surface area contributed by atoms with E-state index in [1.54, 1.807) is 27.7 Å². The van der Waals surface area contributed by atoms with E-state index in [1.807, 2.05) is 0 Å². The number of hydrogen-bond acceptors (Lipinski definition) is 1. The molecule has 2 heteroatoms. The molecule has 47 heavy (non-hydrogen) atoms. The third-order valence-corrected chi connectivity index (χ3v) is 13.2. The first kappa shape index (κ1) is 27.9. The largest absolute Gasteiger partial charge is 0.283 e. The summed E-state index contributed by atoms with van der Waals surface area (Å²) in [6, 6.07) is 35.7. The standard InChI is InChI=1S/C45H42BN/c1-45(31-18-7-3-8-19-31,32-20-9-4-10-21-32)33-28-37-42(30-16-5-2-6-17-30)36-23-11-13-25-38(36)46-39-26-15-24-35-34-22-12-14-27-40(34)47(44(35)39)41(29-33)43(37)46/h2-10,12,14-27,33-34,39-42,44H,11,13,28-29H2,1H3. The predicted molar refractivity (Wildman–Crippen MR) is 195 cm³/mol. The highest BCUT2D eigenvalue weighted by atomic mass is 15.3. The molecule has 2 fully saturated rings. The summed E-state index contributed by atoms with van der Waals surface area (Å²) in [6.45, 7) is 3.03. The van der Waals surface area contributed by atoms with Crippen LogP contribution in [0.5, 0.6) is 0 Å². The maximum Gasteiger partial charge on any atom is 0.215 e. The molecular formula is C45H42BN. The first-order chi connectivity index (χ1) is 23.2. The molecule has 0 radical (unpaired) electrons. The Morgan fingerprint density at radius 3 is 2.17 bits per heavy atom. The molecule has 3 aromatic rings. The van der Waals surface area contributed by atoms with Crippen LogP contribution >= 0.6 is 0 Å². The Morgan fingerprint density at radius 1 is 0.745 bits per heavy atom. The lowest BCUT2D eigenvalue weighted by Gasteiger charge is -2.58. The minimum atomic E-state index is -0.113. The Labute approximate surface area is 280 Å². The molecule has 3 heterocycles. The molecule has 0 aromatic heterocycles. The van der Waals surface area contributed by atoms with Crippen molar-refractivity contribution in [2.24, 2.45) is 11.8 Å². The fourth-order valence-electron chi connectivity index (χ4n) is 11.3. The maximum atomic E-state index is 3.03. The van der Waals surface area contributed by atoms with Gasteiger partial charge >= 0.3 is 0 Å². The van der Waals surface area contributed by atoms with Crippen LogP contribution in [-0.4, -0.2) is 29.7 Å². The van der Waals surface area contributed by atoms with E-state index in [0.29, 0.717) is 48.4 Å². The Hall–Kier alpha value is -4.14. The lowest BCUT2D eigenvalue weighted by Crippen LogP contribution is -2.61. The topological polar surface area (TPSA) is 3.24 Å². The zero-order valence-corrected chi connectivity index (χ0v) is 27.3. The number of nitrogens with zero attached hydrogens (tertiary/aromatic N) is 1. The third-order valence-electron chi connectivity index (χ3n) is 13.2. The molecule has 7 unspecified atom stereocenters. The highest BCUT2D eigenvalue weighted by molar-refractivity contribution is 6.78. The average Bonchev–Trinajstić information content (AvgIpc) is 3.49. The fourth-order valence-corrected chi connectivity index (χ4v) is 11.3. The average molecular weight is 608 g/mol. The molecule has 0 saturated carbocycles. The van der Waals surface area contributed by atoms with Crippen molar-refractivity contribution in [3.63, 3.8) is 0 Å². The molecule has 230 valence electrons. The lowest BCUT2D eigenvalue weighted by molar-refractivity contribution is 0.120. The summed E-state index contributed by atoms with van der Waals surface area (Å²) in [5, 5.41) is 0. The zero-order chi connectivity index (χ0) is 31.1. The van der Waals surface area contributed by atoms with Crippen molar-refractivity contribution in [2.45, 2.75) is 67.9 Å². The number of fused-ring (bicyclic) bond motifs is 7. The van der Waals surface area contributed by atoms with Crippen LogP contribution in [0.1, 0.15) is 55.2 Å². The molecule has 0 spiro atoms. The van der Waals surface area contributed by atoms with E-state index in [9.17, 15) is 0 Å². The summed E-state index contributed by atoms with van der Waals surface area (Å²) >= 11 is 0. The molecule has 4 aliphatic carbocycles. The Balaban J connectivity index is 1.24. The van der Waals surface area contributed by atoms with Gasteiger partial charge in [-0.25, -0.2) is 0 Å². The zero-order valence-electron chi connectivity index (χ0n) is 27.3. The third kappa shape index (κ3) is 3.95. The van der Waals surface area contributed by atoms with Crippen LogP contribution in [0, 0.1) is 11.8 Å². The molecule has 10 rings (SSSR count). The van der Waals surface area contributed by atoms with Crippen molar-refractivity contribution in [2.75, 3.05) is 0 Å². The molecule has 3 aromatic carbocycles. The molecule has 0 bridgehead atoms. The van der Waals surface area contributed by atoms with Gasteiger partial charge in [0.2, 0.25) is 6.71 Å². The molecule has 7 aliphatic rings. The second kappa shape index (κ2) is 10.7. The van der Waals surface area contributed by atoms with E-state index >= 15 is 0 Å². The quantitative estimate of drug-likeness (QED) is 0.267. The summed E-state index contributed by atoms with van der Waals surface area (Å²) in [5.41, 5.74) is 12.6. The number of hydrogen-bond donors (Lipinski definition) is 0. The number of allylic oxidation sites excluding steroid dienone is 9. The first-order valence-electron chi connectivity index (χ1n) is 18.0. The van der Waals surface area contributed by atoms with Crippen molar-refractivity contribution in [1.82, 2.24) is 4.90 Å². The van der Waals surface area contributed by atoms with Crippen LogP contribution in [0.3, 0.4) is 0 Å². The van der Waals surface area contributed by atoms with Crippen LogP contribution in [0.4, 0.5) is 0 Å². The smallest absolute Gasteiger partial charge is 0.215 e. The Bertz CT molecular complexity index is 1900. The van der Waals surface area contributed by atoms with E-state index in [4.69, 9.17) is 0 Å². The minimum absolute atomic E-state index is 0.113. The highest BCUT2D eigenvalue weighted by Gasteiger charge is 2.62. The summed E-state index contributed by atoms with van der Waals surface area (Å²) < 4.78 is 0. The van der Waals surface area contributed by atoms with Gasteiger partial charge in [0.1, 0.15) is 0 Å². The summed E-state index contributed by atoms with van der Waals surface area (Å²) in [4.78, 5) is 3.03. The predicted octanol–water partition coefficient (Wildman–Crippen LogP) is 9.76. The van der Waals surface area contributed by atoms with E-state index in [2.05, 4.69) is 158 Å². The van der Waals surface area contributed by atoms with Gasteiger partial charge in [-0.3, -0.25) is 4.90 Å². The van der Waals surface area contributed by atoms with Crippen molar-refractivity contribution < 1.29 is 0 Å². The lowest BCUT2D eigenvalue weighted by atomic mass is 9.23. The summed E-state index contributed by atoms with van der Waals surface area (Å²) in [7, 11) is 0. The van der Waals surface area contributed by atoms with Crippen LogP contribution in [0.25, 0.3) is 0 Å². The summed E-state index contributed by atoms with van der Waals surface area (Å²) in [6.07, 6.45) is 27.1. The van der Waals surface area contributed by atoms with Crippen LogP contribution < -0.4 is 0 Å². The van der Waals surface area contributed by atoms with Gasteiger partial charge < -0.3 is 0 Å². The van der Waals surface area contributed by atoms with Crippen molar-refractivity contribution in [3.8, 4) is 0 Å². The molecule has 1 nitrogen and oxygen atoms in total. The van der Waals surface area contributed by atoms with Gasteiger partial charge in [-0.15, -0.1) is 0 Å². The highest BCUT2D eigenvalue weighted by Crippen LogP contribution is 2.63. The number of rotatable bonds is 4. The van der Waals surface area contributed by atoms with Gasteiger partial charge in [0, 0.05) is 35.4 Å². The molecule has 2 saturated heterocycles. The molecule has 7 atom stereocenters. The maximum absolute atomic E-state index is 3.03. The number of benzene rings is 3. The Kier molecular flexibility index (Phi) is 6.35. The first-order valence-corrected chi connectivity index (χ1v) is 18.0. The second-order valence-corrected chi connectivity index (χ2v) is 15.1. The Morgan fingerprint density at radius 2 is 1.43 bits per heavy atom. The van der Waals surface area contributed by atoms with Crippen LogP contribution in [-0.2, 0) is 5.41 Å². The normalized spacial score (nSPS) is 31.7. The van der Waals surface area contributed by atoms with Gasteiger partial charge in [-0.2, -0.15) is 0 Å². The van der Waals surface area contributed by atoms with E-state index in [1.165, 1.54) is 23.1 Å². The second-order valence-electron chi connectivity index (χ2n) is 15.1. The summed E-state index contributed by atoms with van der Waals surface area (Å²) in [5.74, 6) is 1.74. The molecule has 0 amide bonds. The van der Waals surface area contributed by atoms with Crippen LogP contribution in [0.15, 0.2) is 173 Å². The minimum Gasteiger partial charge on any atom is -0.283 e. The van der Waals surface area contributed by atoms with Gasteiger partial charge in [-0.05, 0) is 65.3 Å². The van der Waals surface area contributed by atoms with Crippen molar-refractivity contribution in [1.29, 1.82) is 0 Å². The van der Waals surface area contributed by atoms with Crippen LogP contribution in [0.2, 0.25) is 5.82 Å². The fraction of sp³-hybridized carbons (Fsp3) is 0.289. The van der Waals surface area contributed by atoms with Gasteiger partial charge in [0.05, 0.1) is 0 Å². The van der Waals surface area contributed by atoms with E-state index < -0.39 is 0 Å². The monoisotopic (exact) mass is 607 g/mol. The van der Waals surface area contributed by atoms with Crippen molar-refractivity contribution in [3.05, 3.63) is 190 Å². The van der Waals surface area contributed by atoms with Gasteiger partial charge in [0.25, 0.3) is 0 Å². The molecule has 0 N–H and O–H groups in total. The van der Waals surface area contributed by atoms with E-state index in [-0.39, 0.29) is 5.41 Å².